The van der Waals surface area contributed by atoms with E-state index in [1.165, 1.54) is 6.07 Å². The highest BCUT2D eigenvalue weighted by atomic mass is 16.6. The lowest BCUT2D eigenvalue weighted by Gasteiger charge is -2.03. The first kappa shape index (κ1) is 14.5. The molecular weight excluding hydrogens is 296 g/mol. The zero-order valence-electron chi connectivity index (χ0n) is 11.9. The topological polar surface area (TPSA) is 115 Å². The number of primary amides is 1. The summed E-state index contributed by atoms with van der Waals surface area (Å²) in [7, 11) is 0. The molecule has 23 heavy (non-hydrogen) atoms. The number of nitrogens with one attached hydrogen (secondary N) is 1. The van der Waals surface area contributed by atoms with Crippen LogP contribution in [-0.2, 0) is 0 Å². The molecule has 0 aliphatic carbocycles. The molecule has 2 aromatic heterocycles. The van der Waals surface area contributed by atoms with E-state index >= 15 is 0 Å². The number of nitro groups is 1. The number of pyridine rings is 1. The minimum atomic E-state index is -0.658. The lowest BCUT2D eigenvalue weighted by atomic mass is 10.1. The van der Waals surface area contributed by atoms with Crippen LogP contribution in [0.5, 0.6) is 0 Å². The van der Waals surface area contributed by atoms with Crippen molar-refractivity contribution in [2.45, 2.75) is 0 Å². The average Bonchev–Trinajstić information content (AvgIpc) is 3.01. The van der Waals surface area contributed by atoms with Crippen molar-refractivity contribution in [3.8, 4) is 22.5 Å². The van der Waals surface area contributed by atoms with E-state index in [2.05, 4.69) is 9.97 Å². The maximum Gasteiger partial charge on any atom is 0.278 e. The minimum Gasteiger partial charge on any atom is -0.366 e. The Morgan fingerprint density at radius 1 is 1.17 bits per heavy atom. The number of para-hydroxylation sites is 1. The fraction of sp³-hybridized carbons (Fsp3) is 0. The summed E-state index contributed by atoms with van der Waals surface area (Å²) in [5.41, 5.74) is 7.60. The van der Waals surface area contributed by atoms with E-state index in [0.29, 0.717) is 17.0 Å². The van der Waals surface area contributed by atoms with E-state index in [0.717, 1.165) is 5.56 Å². The Hall–Kier alpha value is -3.48. The van der Waals surface area contributed by atoms with Crippen LogP contribution in [0.2, 0.25) is 0 Å². The zero-order valence-corrected chi connectivity index (χ0v) is 11.9. The third kappa shape index (κ3) is 2.67. The van der Waals surface area contributed by atoms with Gasteiger partial charge >= 0.3 is 0 Å². The smallest absolute Gasteiger partial charge is 0.278 e. The molecule has 0 radical (unpaired) electrons. The van der Waals surface area contributed by atoms with E-state index in [1.807, 2.05) is 0 Å². The highest BCUT2D eigenvalue weighted by Gasteiger charge is 2.22. The molecule has 0 bridgehead atoms. The van der Waals surface area contributed by atoms with Crippen molar-refractivity contribution in [1.82, 2.24) is 9.97 Å². The van der Waals surface area contributed by atoms with Gasteiger partial charge in [0.25, 0.3) is 11.6 Å². The van der Waals surface area contributed by atoms with E-state index in [9.17, 15) is 14.9 Å². The number of hydrogen-bond donors (Lipinski definition) is 2. The van der Waals surface area contributed by atoms with Crippen LogP contribution in [0.4, 0.5) is 5.69 Å². The average molecular weight is 308 g/mol. The van der Waals surface area contributed by atoms with Crippen molar-refractivity contribution in [2.75, 3.05) is 0 Å². The summed E-state index contributed by atoms with van der Waals surface area (Å²) < 4.78 is 0. The molecule has 1 aromatic carbocycles. The van der Waals surface area contributed by atoms with Crippen LogP contribution in [0.15, 0.2) is 54.9 Å². The van der Waals surface area contributed by atoms with Gasteiger partial charge in [-0.3, -0.25) is 19.9 Å². The van der Waals surface area contributed by atoms with Crippen molar-refractivity contribution >= 4 is 11.6 Å². The number of nitrogens with zero attached hydrogens (tertiary/aromatic N) is 2. The molecule has 3 N–H and O–H groups in total. The molecule has 114 valence electrons. The fourth-order valence-electron chi connectivity index (χ4n) is 2.39. The second-order valence-corrected chi connectivity index (χ2v) is 4.85. The number of aromatic amines is 1. The second-order valence-electron chi connectivity index (χ2n) is 4.85. The monoisotopic (exact) mass is 308 g/mol. The summed E-state index contributed by atoms with van der Waals surface area (Å²) >= 11 is 0. The maximum absolute atomic E-state index is 11.7. The Morgan fingerprint density at radius 3 is 2.52 bits per heavy atom. The van der Waals surface area contributed by atoms with Crippen molar-refractivity contribution in [3.63, 3.8) is 0 Å². The van der Waals surface area contributed by atoms with Gasteiger partial charge in [-0.05, 0) is 24.3 Å². The van der Waals surface area contributed by atoms with Gasteiger partial charge in [0.1, 0.15) is 0 Å². The van der Waals surface area contributed by atoms with Crippen LogP contribution in [0.3, 0.4) is 0 Å². The Bertz CT molecular complexity index is 887. The Balaban J connectivity index is 2.22. The van der Waals surface area contributed by atoms with Crippen molar-refractivity contribution in [2.24, 2.45) is 5.73 Å². The number of H-pyrrole nitrogens is 1. The Kier molecular flexibility index (Phi) is 3.60. The van der Waals surface area contributed by atoms with E-state index in [-0.39, 0.29) is 11.3 Å². The lowest BCUT2D eigenvalue weighted by Crippen LogP contribution is -2.11. The number of carbonyl (C=O) groups is 1. The van der Waals surface area contributed by atoms with Crippen LogP contribution in [-0.4, -0.2) is 20.8 Å². The standard InChI is InChI=1S/C16H12N4O3/c17-16(21)12-9-13(10-5-7-18-8-6-10)19-15(12)11-3-1-2-4-14(11)20(22)23/h1-9,19H,(H2,17,21). The van der Waals surface area contributed by atoms with Gasteiger partial charge in [0.2, 0.25) is 0 Å². The molecule has 0 unspecified atom stereocenters. The molecule has 0 aliphatic rings. The molecule has 7 heteroatoms. The van der Waals surface area contributed by atoms with Crippen molar-refractivity contribution < 1.29 is 9.72 Å². The number of hydrogen-bond acceptors (Lipinski definition) is 4. The zero-order chi connectivity index (χ0) is 16.4. The summed E-state index contributed by atoms with van der Waals surface area (Å²) in [6.45, 7) is 0. The highest BCUT2D eigenvalue weighted by Crippen LogP contribution is 2.34. The normalized spacial score (nSPS) is 10.4. The summed E-state index contributed by atoms with van der Waals surface area (Å²) in [6.07, 6.45) is 3.23. The molecule has 0 aliphatic heterocycles. The highest BCUT2D eigenvalue weighted by molar-refractivity contribution is 6.01. The number of aromatic nitrogens is 2. The molecule has 3 aromatic rings. The number of nitro benzene ring substituents is 1. The van der Waals surface area contributed by atoms with Gasteiger partial charge in [-0.15, -0.1) is 0 Å². The predicted octanol–water partition coefficient (Wildman–Crippen LogP) is 2.75. The molecule has 0 saturated heterocycles. The van der Waals surface area contributed by atoms with Gasteiger partial charge in [-0.1, -0.05) is 12.1 Å². The quantitative estimate of drug-likeness (QED) is 0.569. The summed E-state index contributed by atoms with van der Waals surface area (Å²) in [5, 5.41) is 11.2. The SMILES string of the molecule is NC(=O)c1cc(-c2ccncc2)[nH]c1-c1ccccc1[N+](=O)[O-]. The fourth-order valence-corrected chi connectivity index (χ4v) is 2.39. The van der Waals surface area contributed by atoms with Crippen LogP contribution in [0, 0.1) is 10.1 Å². The van der Waals surface area contributed by atoms with Crippen molar-refractivity contribution in [3.05, 3.63) is 70.5 Å². The van der Waals surface area contributed by atoms with Gasteiger partial charge < -0.3 is 10.7 Å². The van der Waals surface area contributed by atoms with E-state index < -0.39 is 10.8 Å². The molecule has 0 saturated carbocycles. The van der Waals surface area contributed by atoms with Gasteiger partial charge in [-0.2, -0.15) is 0 Å². The summed E-state index contributed by atoms with van der Waals surface area (Å²) in [6, 6.07) is 11.3. The number of benzene rings is 1. The maximum atomic E-state index is 11.7. The third-order valence-corrected chi connectivity index (χ3v) is 3.44. The largest absolute Gasteiger partial charge is 0.366 e. The van der Waals surface area contributed by atoms with E-state index in [1.54, 1.807) is 48.8 Å². The molecule has 3 rings (SSSR count). The van der Waals surface area contributed by atoms with Crippen LogP contribution >= 0.6 is 0 Å². The number of carbonyl (C=O) groups excluding carboxylic acids is 1. The van der Waals surface area contributed by atoms with Gasteiger partial charge in [-0.25, -0.2) is 0 Å². The lowest BCUT2D eigenvalue weighted by molar-refractivity contribution is -0.384. The molecule has 7 nitrogen and oxygen atoms in total. The van der Waals surface area contributed by atoms with Crippen molar-refractivity contribution in [1.29, 1.82) is 0 Å². The van der Waals surface area contributed by atoms with Crippen LogP contribution < -0.4 is 5.73 Å². The number of rotatable bonds is 4. The molecule has 0 fully saturated rings. The number of nitrogens with two attached hydrogens (primary N) is 1. The predicted molar refractivity (Wildman–Crippen MR) is 84.6 cm³/mol. The summed E-state index contributed by atoms with van der Waals surface area (Å²) in [4.78, 5) is 29.5. The third-order valence-electron chi connectivity index (χ3n) is 3.44. The first-order chi connectivity index (χ1) is 11.1. The second kappa shape index (κ2) is 5.72. The Morgan fingerprint density at radius 2 is 1.87 bits per heavy atom. The van der Waals surface area contributed by atoms with Gasteiger partial charge in [0.05, 0.1) is 21.7 Å². The summed E-state index contributed by atoms with van der Waals surface area (Å²) in [5.74, 6) is -0.658. The Labute approximate surface area is 130 Å². The van der Waals surface area contributed by atoms with Crippen LogP contribution in [0.25, 0.3) is 22.5 Å². The molecular formula is C16H12N4O3. The first-order valence-corrected chi connectivity index (χ1v) is 6.75. The molecule has 0 spiro atoms. The van der Waals surface area contributed by atoms with Crippen LogP contribution in [0.1, 0.15) is 10.4 Å². The van der Waals surface area contributed by atoms with Gasteiger partial charge in [0.15, 0.2) is 0 Å². The van der Waals surface area contributed by atoms with E-state index in [4.69, 9.17) is 5.73 Å². The minimum absolute atomic E-state index is 0.0990. The first-order valence-electron chi connectivity index (χ1n) is 6.75. The van der Waals surface area contributed by atoms with Gasteiger partial charge in [0, 0.05) is 29.7 Å². The molecule has 2 heterocycles. The molecule has 1 amide bonds. The molecule has 0 atom stereocenters. The number of amides is 1.